The zero-order valence-corrected chi connectivity index (χ0v) is 10.3. The fraction of sp³-hybridized carbons (Fsp3) is 0.571. The fourth-order valence-electron chi connectivity index (χ4n) is 2.24. The Morgan fingerprint density at radius 1 is 1.19 bits per heavy atom. The van der Waals surface area contributed by atoms with Gasteiger partial charge in [-0.2, -0.15) is 0 Å². The summed E-state index contributed by atoms with van der Waals surface area (Å²) in [6.07, 6.45) is 0. The number of benzene rings is 1. The number of nitrogens with zero attached hydrogens (tertiary/aromatic N) is 1. The quantitative estimate of drug-likeness (QED) is 0.775. The topological polar surface area (TPSA) is 12.5 Å². The van der Waals surface area contributed by atoms with Gasteiger partial charge in [0.1, 0.15) is 0 Å². The van der Waals surface area contributed by atoms with Gasteiger partial charge in [0.15, 0.2) is 0 Å². The van der Waals surface area contributed by atoms with Gasteiger partial charge in [0.2, 0.25) is 0 Å². The van der Waals surface area contributed by atoms with E-state index in [1.54, 1.807) is 0 Å². The van der Waals surface area contributed by atoms with Crippen LogP contribution in [-0.2, 0) is 11.3 Å². The standard InChI is InChI=1S/C14H21NO/c1-12(2)14-6-4-3-5-13(14)11-15-7-9-16-10-8-15/h3-6,12H,7-11H2,1-2H3. The van der Waals surface area contributed by atoms with Crippen molar-refractivity contribution in [1.29, 1.82) is 0 Å². The van der Waals surface area contributed by atoms with E-state index in [0.29, 0.717) is 5.92 Å². The van der Waals surface area contributed by atoms with E-state index in [9.17, 15) is 0 Å². The van der Waals surface area contributed by atoms with Crippen LogP contribution in [0.15, 0.2) is 24.3 Å². The largest absolute Gasteiger partial charge is 0.379 e. The predicted molar refractivity (Wildman–Crippen MR) is 66.6 cm³/mol. The van der Waals surface area contributed by atoms with Crippen LogP contribution in [0.3, 0.4) is 0 Å². The molecule has 2 rings (SSSR count). The maximum absolute atomic E-state index is 5.37. The van der Waals surface area contributed by atoms with Gasteiger partial charge in [-0.3, -0.25) is 4.90 Å². The number of hydrogen-bond donors (Lipinski definition) is 0. The van der Waals surface area contributed by atoms with Crippen molar-refractivity contribution in [3.8, 4) is 0 Å². The molecule has 0 radical (unpaired) electrons. The molecule has 0 amide bonds. The third kappa shape index (κ3) is 2.83. The third-order valence-corrected chi connectivity index (χ3v) is 3.17. The van der Waals surface area contributed by atoms with Crippen molar-refractivity contribution in [2.45, 2.75) is 26.3 Å². The van der Waals surface area contributed by atoms with Crippen LogP contribution in [0, 0.1) is 0 Å². The van der Waals surface area contributed by atoms with Crippen molar-refractivity contribution in [2.75, 3.05) is 26.3 Å². The van der Waals surface area contributed by atoms with Gasteiger partial charge in [-0.25, -0.2) is 0 Å². The highest BCUT2D eigenvalue weighted by molar-refractivity contribution is 5.29. The van der Waals surface area contributed by atoms with Crippen LogP contribution in [-0.4, -0.2) is 31.2 Å². The van der Waals surface area contributed by atoms with Crippen LogP contribution in [0.1, 0.15) is 30.9 Å². The summed E-state index contributed by atoms with van der Waals surface area (Å²) in [6, 6.07) is 8.78. The second-order valence-electron chi connectivity index (χ2n) is 4.74. The summed E-state index contributed by atoms with van der Waals surface area (Å²) in [7, 11) is 0. The minimum atomic E-state index is 0.609. The Kier molecular flexibility index (Phi) is 3.97. The Morgan fingerprint density at radius 3 is 2.56 bits per heavy atom. The molecule has 0 saturated carbocycles. The number of hydrogen-bond acceptors (Lipinski definition) is 2. The molecule has 1 aromatic rings. The van der Waals surface area contributed by atoms with E-state index in [-0.39, 0.29) is 0 Å². The summed E-state index contributed by atoms with van der Waals surface area (Å²) in [5.41, 5.74) is 2.95. The van der Waals surface area contributed by atoms with E-state index in [1.807, 2.05) is 0 Å². The lowest BCUT2D eigenvalue weighted by molar-refractivity contribution is 0.0340. The molecule has 1 aromatic carbocycles. The molecule has 1 heterocycles. The average Bonchev–Trinajstić information content (AvgIpc) is 2.31. The van der Waals surface area contributed by atoms with Crippen molar-refractivity contribution in [3.63, 3.8) is 0 Å². The second-order valence-corrected chi connectivity index (χ2v) is 4.74. The van der Waals surface area contributed by atoms with Crippen molar-refractivity contribution in [3.05, 3.63) is 35.4 Å². The van der Waals surface area contributed by atoms with Crippen LogP contribution < -0.4 is 0 Å². The second kappa shape index (κ2) is 5.46. The SMILES string of the molecule is CC(C)c1ccccc1CN1CCOCC1. The predicted octanol–water partition coefficient (Wildman–Crippen LogP) is 2.64. The minimum absolute atomic E-state index is 0.609. The Hall–Kier alpha value is -0.860. The van der Waals surface area contributed by atoms with Gasteiger partial charge in [0, 0.05) is 19.6 Å². The maximum atomic E-state index is 5.37. The number of rotatable bonds is 3. The van der Waals surface area contributed by atoms with Crippen molar-refractivity contribution in [2.24, 2.45) is 0 Å². The lowest BCUT2D eigenvalue weighted by atomic mass is 9.97. The molecule has 0 bridgehead atoms. The summed E-state index contributed by atoms with van der Waals surface area (Å²) in [6.45, 7) is 9.47. The van der Waals surface area contributed by atoms with Gasteiger partial charge in [-0.1, -0.05) is 38.1 Å². The molecule has 1 saturated heterocycles. The first-order valence-corrected chi connectivity index (χ1v) is 6.15. The highest BCUT2D eigenvalue weighted by Gasteiger charge is 2.13. The molecule has 1 aliphatic heterocycles. The van der Waals surface area contributed by atoms with Gasteiger partial charge in [-0.05, 0) is 17.0 Å². The minimum Gasteiger partial charge on any atom is -0.379 e. The Balaban J connectivity index is 2.07. The number of ether oxygens (including phenoxy) is 1. The lowest BCUT2D eigenvalue weighted by Gasteiger charge is -2.27. The van der Waals surface area contributed by atoms with Gasteiger partial charge >= 0.3 is 0 Å². The van der Waals surface area contributed by atoms with Crippen LogP contribution in [0.2, 0.25) is 0 Å². The van der Waals surface area contributed by atoms with Gasteiger partial charge in [0.05, 0.1) is 13.2 Å². The molecular formula is C14H21NO. The van der Waals surface area contributed by atoms with E-state index < -0.39 is 0 Å². The van der Waals surface area contributed by atoms with E-state index >= 15 is 0 Å². The summed E-state index contributed by atoms with van der Waals surface area (Å²) in [4.78, 5) is 2.48. The van der Waals surface area contributed by atoms with E-state index in [2.05, 4.69) is 43.0 Å². The molecule has 1 aliphatic rings. The van der Waals surface area contributed by atoms with Gasteiger partial charge in [-0.15, -0.1) is 0 Å². The molecule has 1 fully saturated rings. The molecule has 0 atom stereocenters. The van der Waals surface area contributed by atoms with Crippen molar-refractivity contribution in [1.82, 2.24) is 4.90 Å². The molecule has 0 unspecified atom stereocenters. The zero-order chi connectivity index (χ0) is 11.4. The molecule has 88 valence electrons. The Labute approximate surface area is 98.2 Å². The van der Waals surface area contributed by atoms with Gasteiger partial charge in [0.25, 0.3) is 0 Å². The smallest absolute Gasteiger partial charge is 0.0594 e. The highest BCUT2D eigenvalue weighted by atomic mass is 16.5. The van der Waals surface area contributed by atoms with Crippen LogP contribution >= 0.6 is 0 Å². The van der Waals surface area contributed by atoms with Crippen LogP contribution in [0.5, 0.6) is 0 Å². The molecule has 2 heteroatoms. The summed E-state index contributed by atoms with van der Waals surface area (Å²) in [5.74, 6) is 0.609. The van der Waals surface area contributed by atoms with Crippen molar-refractivity contribution >= 4 is 0 Å². The first kappa shape index (κ1) is 11.6. The first-order chi connectivity index (χ1) is 7.77. The Bertz CT molecular complexity index is 329. The summed E-state index contributed by atoms with van der Waals surface area (Å²) in [5, 5.41) is 0. The third-order valence-electron chi connectivity index (χ3n) is 3.17. The molecule has 0 spiro atoms. The van der Waals surface area contributed by atoms with Crippen molar-refractivity contribution < 1.29 is 4.74 Å². The van der Waals surface area contributed by atoms with E-state index in [4.69, 9.17) is 4.74 Å². The van der Waals surface area contributed by atoms with Crippen LogP contribution in [0.4, 0.5) is 0 Å². The van der Waals surface area contributed by atoms with E-state index in [0.717, 1.165) is 32.8 Å². The van der Waals surface area contributed by atoms with Gasteiger partial charge < -0.3 is 4.74 Å². The summed E-state index contributed by atoms with van der Waals surface area (Å²) >= 11 is 0. The summed E-state index contributed by atoms with van der Waals surface area (Å²) < 4.78 is 5.37. The Morgan fingerprint density at radius 2 is 1.88 bits per heavy atom. The molecular weight excluding hydrogens is 198 g/mol. The van der Waals surface area contributed by atoms with Crippen LogP contribution in [0.25, 0.3) is 0 Å². The normalized spacial score (nSPS) is 17.9. The maximum Gasteiger partial charge on any atom is 0.0594 e. The molecule has 16 heavy (non-hydrogen) atoms. The highest BCUT2D eigenvalue weighted by Crippen LogP contribution is 2.20. The lowest BCUT2D eigenvalue weighted by Crippen LogP contribution is -2.35. The number of morpholine rings is 1. The molecule has 0 aromatic heterocycles. The average molecular weight is 219 g/mol. The molecule has 0 N–H and O–H groups in total. The first-order valence-electron chi connectivity index (χ1n) is 6.15. The molecule has 0 aliphatic carbocycles. The molecule has 2 nitrogen and oxygen atoms in total. The van der Waals surface area contributed by atoms with E-state index in [1.165, 1.54) is 11.1 Å². The fourth-order valence-corrected chi connectivity index (χ4v) is 2.24. The zero-order valence-electron chi connectivity index (χ0n) is 10.3. The monoisotopic (exact) mass is 219 g/mol.